The summed E-state index contributed by atoms with van der Waals surface area (Å²) in [5, 5.41) is 2.99. The number of likely N-dealkylation sites (tertiary alicyclic amines) is 1. The van der Waals surface area contributed by atoms with E-state index < -0.39 is 11.9 Å². The lowest BCUT2D eigenvalue weighted by Gasteiger charge is -2.21. The molecule has 0 saturated carbocycles. The van der Waals surface area contributed by atoms with E-state index in [9.17, 15) is 9.59 Å². The first-order valence-corrected chi connectivity index (χ1v) is 7.16. The number of halogens is 2. The van der Waals surface area contributed by atoms with Gasteiger partial charge in [0.25, 0.3) is 5.91 Å². The molecule has 1 aromatic rings. The van der Waals surface area contributed by atoms with Crippen LogP contribution in [-0.2, 0) is 4.79 Å². The zero-order chi connectivity index (χ0) is 14.7. The van der Waals surface area contributed by atoms with Crippen molar-refractivity contribution in [1.29, 1.82) is 0 Å². The Hall–Kier alpha value is -1.33. The van der Waals surface area contributed by atoms with E-state index in [2.05, 4.69) is 10.3 Å². The summed E-state index contributed by atoms with van der Waals surface area (Å²) >= 11 is 11.6. The van der Waals surface area contributed by atoms with Crippen molar-refractivity contribution >= 4 is 35.0 Å². The molecular weight excluding hydrogens is 301 g/mol. The summed E-state index contributed by atoms with van der Waals surface area (Å²) in [4.78, 5) is 29.8. The number of hydrogen-bond acceptors (Lipinski definition) is 3. The largest absolute Gasteiger partial charge is 0.341 e. The molecule has 0 aliphatic carbocycles. The van der Waals surface area contributed by atoms with Crippen molar-refractivity contribution in [2.24, 2.45) is 0 Å². The van der Waals surface area contributed by atoms with Crippen molar-refractivity contribution in [3.8, 4) is 0 Å². The van der Waals surface area contributed by atoms with Gasteiger partial charge in [-0.3, -0.25) is 9.59 Å². The van der Waals surface area contributed by atoms with Gasteiger partial charge in [0, 0.05) is 13.1 Å². The standard InChI is InChI=1S/C13H15Cl2N3O2/c1-8(13(20)18-6-2-3-7-18)16-12(19)11-9(14)4-5-10(15)17-11/h4-5,8H,2-3,6-7H2,1H3,(H,16,19). The highest BCUT2D eigenvalue weighted by Gasteiger charge is 2.25. The van der Waals surface area contributed by atoms with Gasteiger partial charge < -0.3 is 10.2 Å². The second-order valence-corrected chi connectivity index (χ2v) is 5.49. The fraction of sp³-hybridized carbons (Fsp3) is 0.462. The highest BCUT2D eigenvalue weighted by Crippen LogP contribution is 2.17. The van der Waals surface area contributed by atoms with Crippen LogP contribution in [0.15, 0.2) is 12.1 Å². The van der Waals surface area contributed by atoms with E-state index in [-0.39, 0.29) is 21.8 Å². The lowest BCUT2D eigenvalue weighted by molar-refractivity contribution is -0.131. The minimum absolute atomic E-state index is 0.0280. The monoisotopic (exact) mass is 315 g/mol. The third-order valence-electron chi connectivity index (χ3n) is 3.16. The molecule has 1 saturated heterocycles. The fourth-order valence-electron chi connectivity index (χ4n) is 2.12. The van der Waals surface area contributed by atoms with E-state index >= 15 is 0 Å². The van der Waals surface area contributed by atoms with E-state index in [1.807, 2.05) is 0 Å². The predicted molar refractivity (Wildman–Crippen MR) is 77.0 cm³/mol. The Morgan fingerprint density at radius 1 is 1.30 bits per heavy atom. The molecule has 1 aromatic heterocycles. The van der Waals surface area contributed by atoms with Gasteiger partial charge in [-0.25, -0.2) is 4.98 Å². The molecule has 1 fully saturated rings. The van der Waals surface area contributed by atoms with Gasteiger partial charge in [-0.1, -0.05) is 23.2 Å². The van der Waals surface area contributed by atoms with Gasteiger partial charge in [0.2, 0.25) is 5.91 Å². The third-order valence-corrected chi connectivity index (χ3v) is 3.68. The average Bonchev–Trinajstić information content (AvgIpc) is 2.94. The lowest BCUT2D eigenvalue weighted by atomic mass is 10.2. The molecule has 1 N–H and O–H groups in total. The molecule has 1 atom stereocenters. The summed E-state index contributed by atoms with van der Waals surface area (Å²) in [7, 11) is 0. The van der Waals surface area contributed by atoms with Crippen LogP contribution >= 0.6 is 23.2 Å². The molecule has 2 amide bonds. The van der Waals surface area contributed by atoms with Crippen LogP contribution in [-0.4, -0.2) is 40.8 Å². The SMILES string of the molecule is CC(NC(=O)c1nc(Cl)ccc1Cl)C(=O)N1CCCC1. The van der Waals surface area contributed by atoms with Gasteiger partial charge in [-0.05, 0) is 31.9 Å². The first kappa shape index (κ1) is 15.1. The van der Waals surface area contributed by atoms with Crippen LogP contribution in [0.25, 0.3) is 0 Å². The molecule has 20 heavy (non-hydrogen) atoms. The lowest BCUT2D eigenvalue weighted by Crippen LogP contribution is -2.46. The maximum Gasteiger partial charge on any atom is 0.272 e. The first-order valence-electron chi connectivity index (χ1n) is 6.40. The van der Waals surface area contributed by atoms with E-state index in [0.717, 1.165) is 25.9 Å². The molecule has 7 heteroatoms. The second kappa shape index (κ2) is 6.41. The zero-order valence-corrected chi connectivity index (χ0v) is 12.5. The Bertz CT molecular complexity index is 530. The van der Waals surface area contributed by atoms with Gasteiger partial charge in [0.15, 0.2) is 0 Å². The van der Waals surface area contributed by atoms with Gasteiger partial charge in [-0.15, -0.1) is 0 Å². The molecule has 1 aliphatic heterocycles. The van der Waals surface area contributed by atoms with E-state index in [4.69, 9.17) is 23.2 Å². The summed E-state index contributed by atoms with van der Waals surface area (Å²) in [5.41, 5.74) is 0.0280. The van der Waals surface area contributed by atoms with Gasteiger partial charge >= 0.3 is 0 Å². The van der Waals surface area contributed by atoms with Crippen LogP contribution in [0.5, 0.6) is 0 Å². The van der Waals surface area contributed by atoms with Gasteiger partial charge in [0.05, 0.1) is 5.02 Å². The Labute approximate surface area is 127 Å². The van der Waals surface area contributed by atoms with Crippen molar-refractivity contribution in [3.63, 3.8) is 0 Å². The van der Waals surface area contributed by atoms with Gasteiger partial charge in [-0.2, -0.15) is 0 Å². The summed E-state index contributed by atoms with van der Waals surface area (Å²) in [5.74, 6) is -0.591. The van der Waals surface area contributed by atoms with Crippen molar-refractivity contribution in [3.05, 3.63) is 28.0 Å². The Balaban J connectivity index is 2.03. The molecule has 1 aliphatic rings. The number of amides is 2. The minimum atomic E-state index is -0.613. The number of pyridine rings is 1. The molecular formula is C13H15Cl2N3O2. The molecule has 2 heterocycles. The average molecular weight is 316 g/mol. The maximum atomic E-state index is 12.1. The number of nitrogens with zero attached hydrogens (tertiary/aromatic N) is 2. The number of rotatable bonds is 3. The maximum absolute atomic E-state index is 12.1. The van der Waals surface area contributed by atoms with Crippen molar-refractivity contribution in [1.82, 2.24) is 15.2 Å². The summed E-state index contributed by atoms with van der Waals surface area (Å²) < 4.78 is 0. The van der Waals surface area contributed by atoms with Crippen LogP contribution in [0.1, 0.15) is 30.3 Å². The number of hydrogen-bond donors (Lipinski definition) is 1. The molecule has 0 radical (unpaired) electrons. The molecule has 1 unspecified atom stereocenters. The normalized spacial score (nSPS) is 16.1. The molecule has 2 rings (SSSR count). The summed E-state index contributed by atoms with van der Waals surface area (Å²) in [6.45, 7) is 3.14. The highest BCUT2D eigenvalue weighted by molar-refractivity contribution is 6.34. The first-order chi connectivity index (χ1) is 9.49. The quantitative estimate of drug-likeness (QED) is 0.869. The van der Waals surface area contributed by atoms with E-state index in [1.165, 1.54) is 12.1 Å². The molecule has 0 spiro atoms. The molecule has 108 valence electrons. The second-order valence-electron chi connectivity index (χ2n) is 4.69. The number of carbonyl (C=O) groups excluding carboxylic acids is 2. The van der Waals surface area contributed by atoms with Crippen molar-refractivity contribution in [2.75, 3.05) is 13.1 Å². The Morgan fingerprint density at radius 2 is 1.95 bits per heavy atom. The highest BCUT2D eigenvalue weighted by atomic mass is 35.5. The predicted octanol–water partition coefficient (Wildman–Crippen LogP) is 2.13. The van der Waals surface area contributed by atoms with Crippen LogP contribution in [0.4, 0.5) is 0 Å². The topological polar surface area (TPSA) is 62.3 Å². The van der Waals surface area contributed by atoms with Crippen molar-refractivity contribution < 1.29 is 9.59 Å². The summed E-state index contributed by atoms with van der Waals surface area (Å²) in [6, 6.07) is 2.38. The smallest absolute Gasteiger partial charge is 0.272 e. The number of aromatic nitrogens is 1. The van der Waals surface area contributed by atoms with Crippen LogP contribution in [0.3, 0.4) is 0 Å². The minimum Gasteiger partial charge on any atom is -0.341 e. The summed E-state index contributed by atoms with van der Waals surface area (Å²) in [6.07, 6.45) is 2.02. The van der Waals surface area contributed by atoms with Gasteiger partial charge in [0.1, 0.15) is 16.9 Å². The van der Waals surface area contributed by atoms with Crippen LogP contribution in [0, 0.1) is 0 Å². The molecule has 0 bridgehead atoms. The van der Waals surface area contributed by atoms with Crippen molar-refractivity contribution in [2.45, 2.75) is 25.8 Å². The third kappa shape index (κ3) is 3.41. The van der Waals surface area contributed by atoms with E-state index in [0.29, 0.717) is 0 Å². The van der Waals surface area contributed by atoms with Crippen LogP contribution < -0.4 is 5.32 Å². The Kier molecular flexibility index (Phi) is 4.83. The molecule has 5 nitrogen and oxygen atoms in total. The number of nitrogens with one attached hydrogen (secondary N) is 1. The van der Waals surface area contributed by atoms with Crippen LogP contribution in [0.2, 0.25) is 10.2 Å². The number of carbonyl (C=O) groups is 2. The fourth-order valence-corrected chi connectivity index (χ4v) is 2.45. The zero-order valence-electron chi connectivity index (χ0n) is 11.0. The Morgan fingerprint density at radius 3 is 2.60 bits per heavy atom. The van der Waals surface area contributed by atoms with E-state index in [1.54, 1.807) is 11.8 Å². The molecule has 0 aromatic carbocycles.